The van der Waals surface area contributed by atoms with E-state index in [1.54, 1.807) is 6.07 Å². The number of amides is 1. The zero-order valence-corrected chi connectivity index (χ0v) is 19.1. The predicted molar refractivity (Wildman–Crippen MR) is 122 cm³/mol. The molecule has 3 unspecified atom stereocenters. The minimum atomic E-state index is -1.71. The fourth-order valence-corrected chi connectivity index (χ4v) is 3.46. The SMILES string of the molecule is CC(C)(O)C(F)CNC(=O)c1cnc(Nc2nc3ccnn3cc2F)cc1NC1CCOCC1F. The Kier molecular flexibility index (Phi) is 7.08. The lowest BCUT2D eigenvalue weighted by Crippen LogP contribution is -2.42. The largest absolute Gasteiger partial charge is 0.387 e. The van der Waals surface area contributed by atoms with E-state index in [1.807, 2.05) is 0 Å². The van der Waals surface area contributed by atoms with Gasteiger partial charge in [0.05, 0.1) is 48.4 Å². The molecule has 10 nitrogen and oxygen atoms in total. The first-order chi connectivity index (χ1) is 16.6. The summed E-state index contributed by atoms with van der Waals surface area (Å²) in [6.45, 7) is 2.39. The lowest BCUT2D eigenvalue weighted by molar-refractivity contribution is -0.00177. The molecular weight excluding hydrogens is 467 g/mol. The highest BCUT2D eigenvalue weighted by Gasteiger charge is 2.29. The summed E-state index contributed by atoms with van der Waals surface area (Å²) in [5.41, 5.74) is -1.01. The number of hydrogen-bond donors (Lipinski definition) is 4. The van der Waals surface area contributed by atoms with Gasteiger partial charge in [-0.15, -0.1) is 0 Å². The third-order valence-corrected chi connectivity index (χ3v) is 5.57. The molecular formula is C22H26F3N7O3. The molecule has 4 heterocycles. The van der Waals surface area contributed by atoms with E-state index in [2.05, 4.69) is 31.0 Å². The Morgan fingerprint density at radius 3 is 2.97 bits per heavy atom. The topological polar surface area (TPSA) is 126 Å². The first-order valence-electron chi connectivity index (χ1n) is 11.0. The van der Waals surface area contributed by atoms with Gasteiger partial charge in [-0.3, -0.25) is 4.79 Å². The van der Waals surface area contributed by atoms with Gasteiger partial charge in [-0.25, -0.2) is 27.7 Å². The molecule has 0 saturated carbocycles. The van der Waals surface area contributed by atoms with Gasteiger partial charge in [0.2, 0.25) is 0 Å². The maximum absolute atomic E-state index is 14.5. The van der Waals surface area contributed by atoms with Crippen LogP contribution < -0.4 is 16.0 Å². The summed E-state index contributed by atoms with van der Waals surface area (Å²) in [5.74, 6) is -1.34. The number of aromatic nitrogens is 4. The van der Waals surface area contributed by atoms with Crippen molar-refractivity contribution in [2.45, 2.75) is 44.3 Å². The molecule has 13 heteroatoms. The van der Waals surface area contributed by atoms with Gasteiger partial charge < -0.3 is 25.8 Å². The monoisotopic (exact) mass is 493 g/mol. The molecule has 0 spiro atoms. The second-order valence-corrected chi connectivity index (χ2v) is 8.77. The second kappa shape index (κ2) is 10.0. The Morgan fingerprint density at radius 1 is 1.43 bits per heavy atom. The Hall–Kier alpha value is -3.45. The van der Waals surface area contributed by atoms with Crippen LogP contribution >= 0.6 is 0 Å². The van der Waals surface area contributed by atoms with Crippen LogP contribution in [0.25, 0.3) is 5.65 Å². The Balaban J connectivity index is 1.60. The van der Waals surface area contributed by atoms with Crippen molar-refractivity contribution in [2.75, 3.05) is 30.4 Å². The molecule has 35 heavy (non-hydrogen) atoms. The van der Waals surface area contributed by atoms with Crippen molar-refractivity contribution < 1.29 is 27.8 Å². The number of hydrogen-bond acceptors (Lipinski definition) is 8. The average Bonchev–Trinajstić information content (AvgIpc) is 3.25. The lowest BCUT2D eigenvalue weighted by Gasteiger charge is -2.28. The van der Waals surface area contributed by atoms with Crippen LogP contribution in [0, 0.1) is 5.82 Å². The number of alkyl halides is 2. The van der Waals surface area contributed by atoms with Gasteiger partial charge in [-0.2, -0.15) is 5.10 Å². The number of anilines is 3. The van der Waals surface area contributed by atoms with Crippen LogP contribution in [0.3, 0.4) is 0 Å². The van der Waals surface area contributed by atoms with Crippen LogP contribution in [0.1, 0.15) is 30.6 Å². The van der Waals surface area contributed by atoms with Crippen LogP contribution in [0.2, 0.25) is 0 Å². The third kappa shape index (κ3) is 5.80. The zero-order chi connectivity index (χ0) is 25.2. The Morgan fingerprint density at radius 2 is 2.23 bits per heavy atom. The predicted octanol–water partition coefficient (Wildman–Crippen LogP) is 2.38. The molecule has 0 radical (unpaired) electrons. The molecule has 188 valence electrons. The van der Waals surface area contributed by atoms with Gasteiger partial charge in [0.1, 0.15) is 18.2 Å². The number of nitrogens with one attached hydrogen (secondary N) is 3. The van der Waals surface area contributed by atoms with Crippen molar-refractivity contribution >= 4 is 28.9 Å². The van der Waals surface area contributed by atoms with Crippen LogP contribution in [0.15, 0.2) is 30.7 Å². The number of halogens is 3. The second-order valence-electron chi connectivity index (χ2n) is 8.77. The van der Waals surface area contributed by atoms with Crippen molar-refractivity contribution in [3.05, 3.63) is 42.1 Å². The average molecular weight is 493 g/mol. The quantitative estimate of drug-likeness (QED) is 0.377. The molecule has 1 amide bonds. The third-order valence-electron chi connectivity index (χ3n) is 5.57. The van der Waals surface area contributed by atoms with Gasteiger partial charge in [0.15, 0.2) is 17.3 Å². The van der Waals surface area contributed by atoms with E-state index in [9.17, 15) is 23.1 Å². The van der Waals surface area contributed by atoms with Gasteiger partial charge in [-0.05, 0) is 20.3 Å². The first-order valence-corrected chi connectivity index (χ1v) is 11.0. The van der Waals surface area contributed by atoms with Gasteiger partial charge in [-0.1, -0.05) is 0 Å². The highest BCUT2D eigenvalue weighted by molar-refractivity contribution is 6.00. The molecule has 1 saturated heterocycles. The smallest absolute Gasteiger partial charge is 0.255 e. The van der Waals surface area contributed by atoms with E-state index in [-0.39, 0.29) is 29.5 Å². The van der Waals surface area contributed by atoms with Crippen LogP contribution in [0.5, 0.6) is 0 Å². The van der Waals surface area contributed by atoms with Gasteiger partial charge >= 0.3 is 0 Å². The van der Waals surface area contributed by atoms with E-state index in [0.717, 1.165) is 6.20 Å². The van der Waals surface area contributed by atoms with Crippen LogP contribution in [-0.4, -0.2) is 74.3 Å². The molecule has 0 aromatic carbocycles. The summed E-state index contributed by atoms with van der Waals surface area (Å²) in [5, 5.41) is 21.9. The summed E-state index contributed by atoms with van der Waals surface area (Å²) in [7, 11) is 0. The van der Waals surface area contributed by atoms with Crippen molar-refractivity contribution in [1.29, 1.82) is 0 Å². The van der Waals surface area contributed by atoms with Crippen LogP contribution in [0.4, 0.5) is 30.5 Å². The summed E-state index contributed by atoms with van der Waals surface area (Å²) >= 11 is 0. The molecule has 4 N–H and O–H groups in total. The minimum absolute atomic E-state index is 0.0249. The van der Waals surface area contributed by atoms with E-state index in [4.69, 9.17) is 4.74 Å². The Bertz CT molecular complexity index is 1200. The van der Waals surface area contributed by atoms with Crippen molar-refractivity contribution in [2.24, 2.45) is 0 Å². The highest BCUT2D eigenvalue weighted by atomic mass is 19.1. The van der Waals surface area contributed by atoms with E-state index < -0.39 is 42.3 Å². The summed E-state index contributed by atoms with van der Waals surface area (Å²) < 4.78 is 49.4. The molecule has 1 fully saturated rings. The maximum atomic E-state index is 14.5. The number of aliphatic hydroxyl groups is 1. The number of ether oxygens (including phenoxy) is 1. The standard InChI is InChI=1S/C22H26F3N7O3/c1-22(2,34)17(25)9-27-21(33)12-8-26-18(7-16(12)29-15-4-6-35-11-14(15)24)30-20-13(23)10-32-19(31-20)3-5-28-32/h3,5,7-8,10,14-15,17,34H,4,6,9,11H2,1-2H3,(H,27,33)(H2,26,29,30,31). The molecule has 0 aliphatic carbocycles. The summed E-state index contributed by atoms with van der Waals surface area (Å²) in [6, 6.07) is 2.37. The molecule has 1 aliphatic rings. The molecule has 0 bridgehead atoms. The van der Waals surface area contributed by atoms with Crippen molar-refractivity contribution in [3.8, 4) is 0 Å². The molecule has 3 atom stereocenters. The zero-order valence-electron chi connectivity index (χ0n) is 19.1. The number of pyridine rings is 1. The fourth-order valence-electron chi connectivity index (χ4n) is 3.46. The number of nitrogens with zero attached hydrogens (tertiary/aromatic N) is 4. The van der Waals surface area contributed by atoms with Crippen molar-refractivity contribution in [3.63, 3.8) is 0 Å². The van der Waals surface area contributed by atoms with E-state index >= 15 is 0 Å². The normalized spacial score (nSPS) is 19.4. The molecule has 3 aromatic heterocycles. The number of carbonyl (C=O) groups excluding carboxylic acids is 1. The minimum Gasteiger partial charge on any atom is -0.387 e. The molecule has 1 aliphatic heterocycles. The fraction of sp³-hybridized carbons (Fsp3) is 0.455. The highest BCUT2D eigenvalue weighted by Crippen LogP contribution is 2.26. The number of fused-ring (bicyclic) bond motifs is 1. The van der Waals surface area contributed by atoms with Gasteiger partial charge in [0.25, 0.3) is 5.91 Å². The van der Waals surface area contributed by atoms with Gasteiger partial charge in [0, 0.05) is 24.9 Å². The lowest BCUT2D eigenvalue weighted by atomic mass is 10.0. The summed E-state index contributed by atoms with van der Waals surface area (Å²) in [6.07, 6.45) is 1.15. The molecule has 4 rings (SSSR count). The number of carbonyl (C=O) groups is 1. The maximum Gasteiger partial charge on any atom is 0.255 e. The van der Waals surface area contributed by atoms with Crippen molar-refractivity contribution in [1.82, 2.24) is 24.9 Å². The van der Waals surface area contributed by atoms with Crippen LogP contribution in [-0.2, 0) is 4.74 Å². The van der Waals surface area contributed by atoms with E-state index in [1.165, 1.54) is 36.8 Å². The van der Waals surface area contributed by atoms with E-state index in [0.29, 0.717) is 18.7 Å². The molecule has 3 aromatic rings. The summed E-state index contributed by atoms with van der Waals surface area (Å²) in [4.78, 5) is 21.1. The first kappa shape index (κ1) is 24.7. The number of rotatable bonds is 8. The Labute approximate surface area is 198 Å².